The second kappa shape index (κ2) is 7.70. The maximum Gasteiger partial charge on any atom is 0.227 e. The molecular formula is C19H22N2O3S. The summed E-state index contributed by atoms with van der Waals surface area (Å²) >= 11 is 1.61. The van der Waals surface area contributed by atoms with E-state index in [1.807, 2.05) is 55.6 Å². The molecule has 0 bridgehead atoms. The van der Waals surface area contributed by atoms with Gasteiger partial charge in [0.05, 0.1) is 18.6 Å². The third-order valence-electron chi connectivity index (χ3n) is 4.28. The number of anilines is 1. The lowest BCUT2D eigenvalue weighted by molar-refractivity contribution is -0.126. The summed E-state index contributed by atoms with van der Waals surface area (Å²) in [6.07, 6.45) is 0.246. The van der Waals surface area contributed by atoms with Crippen LogP contribution in [0.3, 0.4) is 0 Å². The van der Waals surface area contributed by atoms with Crippen LogP contribution in [0.1, 0.15) is 31.2 Å². The molecule has 1 saturated heterocycles. The highest BCUT2D eigenvalue weighted by molar-refractivity contribution is 7.10. The molecule has 0 aliphatic carbocycles. The summed E-state index contributed by atoms with van der Waals surface area (Å²) in [7, 11) is 0. The first-order valence-corrected chi connectivity index (χ1v) is 9.33. The number of carbonyl (C=O) groups excluding carboxylic acids is 2. The summed E-state index contributed by atoms with van der Waals surface area (Å²) < 4.78 is 5.42. The minimum Gasteiger partial charge on any atom is -0.494 e. The van der Waals surface area contributed by atoms with Crippen molar-refractivity contribution in [3.05, 3.63) is 46.7 Å². The zero-order valence-corrected chi connectivity index (χ0v) is 15.2. The highest BCUT2D eigenvalue weighted by atomic mass is 32.1. The van der Waals surface area contributed by atoms with Crippen molar-refractivity contribution in [2.75, 3.05) is 18.1 Å². The lowest BCUT2D eigenvalue weighted by Gasteiger charge is -2.18. The summed E-state index contributed by atoms with van der Waals surface area (Å²) in [5.41, 5.74) is 0.801. The van der Waals surface area contributed by atoms with E-state index in [0.717, 1.165) is 16.3 Å². The minimum atomic E-state index is -0.318. The number of hydrogen-bond acceptors (Lipinski definition) is 4. The van der Waals surface area contributed by atoms with Crippen molar-refractivity contribution in [2.24, 2.45) is 5.92 Å². The van der Waals surface area contributed by atoms with E-state index in [2.05, 4.69) is 5.32 Å². The van der Waals surface area contributed by atoms with Crippen LogP contribution in [-0.4, -0.2) is 25.0 Å². The molecule has 132 valence electrons. The van der Waals surface area contributed by atoms with Crippen LogP contribution in [-0.2, 0) is 9.59 Å². The first-order chi connectivity index (χ1) is 12.1. The van der Waals surface area contributed by atoms with Gasteiger partial charge in [-0.3, -0.25) is 9.59 Å². The van der Waals surface area contributed by atoms with E-state index >= 15 is 0 Å². The van der Waals surface area contributed by atoms with Crippen LogP contribution in [0.4, 0.5) is 5.69 Å². The van der Waals surface area contributed by atoms with E-state index in [-0.39, 0.29) is 30.2 Å². The van der Waals surface area contributed by atoms with Crippen molar-refractivity contribution in [3.63, 3.8) is 0 Å². The van der Waals surface area contributed by atoms with E-state index in [0.29, 0.717) is 13.2 Å². The standard InChI is InChI=1S/C19H22N2O3S/c1-3-24-16-8-6-15(7-9-16)21-12-14(11-18(21)22)19(23)20-13(2)17-5-4-10-25-17/h4-10,13-14H,3,11-12H2,1-2H3,(H,20,23). The maximum atomic E-state index is 12.5. The van der Waals surface area contributed by atoms with E-state index in [4.69, 9.17) is 4.74 Å². The number of hydrogen-bond donors (Lipinski definition) is 1. The lowest BCUT2D eigenvalue weighted by atomic mass is 10.1. The molecule has 2 unspecified atom stereocenters. The smallest absolute Gasteiger partial charge is 0.227 e. The SMILES string of the molecule is CCOc1ccc(N2CC(C(=O)NC(C)c3cccs3)CC2=O)cc1. The molecule has 0 radical (unpaired) electrons. The topological polar surface area (TPSA) is 58.6 Å². The van der Waals surface area contributed by atoms with Gasteiger partial charge in [-0.2, -0.15) is 0 Å². The van der Waals surface area contributed by atoms with E-state index in [1.165, 1.54) is 0 Å². The summed E-state index contributed by atoms with van der Waals surface area (Å²) in [6, 6.07) is 11.3. The molecule has 1 fully saturated rings. The third kappa shape index (κ3) is 4.02. The summed E-state index contributed by atoms with van der Waals surface area (Å²) in [6.45, 7) is 4.91. The van der Waals surface area contributed by atoms with Gasteiger partial charge in [-0.05, 0) is 49.6 Å². The molecule has 3 rings (SSSR count). The number of rotatable bonds is 6. The molecule has 1 aromatic carbocycles. The Balaban J connectivity index is 1.62. The third-order valence-corrected chi connectivity index (χ3v) is 5.34. The fourth-order valence-corrected chi connectivity index (χ4v) is 3.70. The fraction of sp³-hybridized carbons (Fsp3) is 0.368. The molecule has 1 aromatic heterocycles. The predicted octanol–water partition coefficient (Wildman–Crippen LogP) is 3.38. The Hall–Kier alpha value is -2.34. The first kappa shape index (κ1) is 17.5. The van der Waals surface area contributed by atoms with Crippen LogP contribution in [0.2, 0.25) is 0 Å². The number of ether oxygens (including phenoxy) is 1. The molecule has 1 aliphatic rings. The lowest BCUT2D eigenvalue weighted by Crippen LogP contribution is -2.34. The van der Waals surface area contributed by atoms with Crippen molar-refractivity contribution >= 4 is 28.8 Å². The normalized spacial score (nSPS) is 18.2. The van der Waals surface area contributed by atoms with Crippen LogP contribution >= 0.6 is 11.3 Å². The molecule has 25 heavy (non-hydrogen) atoms. The Labute approximate surface area is 151 Å². The average Bonchev–Trinajstić information content (AvgIpc) is 3.26. The average molecular weight is 358 g/mol. The zero-order valence-electron chi connectivity index (χ0n) is 14.4. The Morgan fingerprint density at radius 2 is 2.12 bits per heavy atom. The van der Waals surface area contributed by atoms with E-state index in [9.17, 15) is 9.59 Å². The number of carbonyl (C=O) groups is 2. The van der Waals surface area contributed by atoms with Gasteiger partial charge >= 0.3 is 0 Å². The highest BCUT2D eigenvalue weighted by Gasteiger charge is 2.35. The van der Waals surface area contributed by atoms with Crippen LogP contribution in [0.15, 0.2) is 41.8 Å². The Bertz CT molecular complexity index is 728. The first-order valence-electron chi connectivity index (χ1n) is 8.45. The number of nitrogens with one attached hydrogen (secondary N) is 1. The van der Waals surface area contributed by atoms with E-state index < -0.39 is 0 Å². The van der Waals surface area contributed by atoms with Gasteiger partial charge in [0.25, 0.3) is 0 Å². The van der Waals surface area contributed by atoms with E-state index in [1.54, 1.807) is 16.2 Å². The molecule has 2 aromatic rings. The molecule has 2 heterocycles. The molecule has 1 N–H and O–H groups in total. The quantitative estimate of drug-likeness (QED) is 0.861. The summed E-state index contributed by atoms with van der Waals surface area (Å²) in [4.78, 5) is 27.6. The van der Waals surface area contributed by atoms with Gasteiger partial charge in [-0.15, -0.1) is 11.3 Å². The van der Waals surface area contributed by atoms with Crippen LogP contribution in [0.5, 0.6) is 5.75 Å². The predicted molar refractivity (Wildman–Crippen MR) is 98.9 cm³/mol. The number of benzene rings is 1. The van der Waals surface area contributed by atoms with Crippen molar-refractivity contribution < 1.29 is 14.3 Å². The summed E-state index contributed by atoms with van der Waals surface area (Å²) in [5.74, 6) is 0.370. The largest absolute Gasteiger partial charge is 0.494 e. The Kier molecular flexibility index (Phi) is 5.38. The molecule has 1 aliphatic heterocycles. The molecule has 6 heteroatoms. The molecule has 0 saturated carbocycles. The van der Waals surface area contributed by atoms with Crippen LogP contribution < -0.4 is 15.0 Å². The van der Waals surface area contributed by atoms with Crippen LogP contribution in [0.25, 0.3) is 0 Å². The highest BCUT2D eigenvalue weighted by Crippen LogP contribution is 2.28. The second-order valence-corrected chi connectivity index (χ2v) is 7.06. The molecule has 2 amide bonds. The summed E-state index contributed by atoms with van der Waals surface area (Å²) in [5, 5.41) is 5.01. The number of nitrogens with zero attached hydrogens (tertiary/aromatic N) is 1. The van der Waals surface area contributed by atoms with Crippen molar-refractivity contribution in [3.8, 4) is 5.75 Å². The maximum absolute atomic E-state index is 12.5. The van der Waals surface area contributed by atoms with Crippen LogP contribution in [0, 0.1) is 5.92 Å². The van der Waals surface area contributed by atoms with Crippen molar-refractivity contribution in [1.82, 2.24) is 5.32 Å². The van der Waals surface area contributed by atoms with Gasteiger partial charge < -0.3 is 15.0 Å². The van der Waals surface area contributed by atoms with Gasteiger partial charge in [0.2, 0.25) is 11.8 Å². The zero-order chi connectivity index (χ0) is 17.8. The minimum absolute atomic E-state index is 0.0203. The number of thiophene rings is 1. The van der Waals surface area contributed by atoms with Gasteiger partial charge in [0.15, 0.2) is 0 Å². The van der Waals surface area contributed by atoms with Crippen molar-refractivity contribution in [1.29, 1.82) is 0 Å². The Morgan fingerprint density at radius 1 is 1.36 bits per heavy atom. The second-order valence-electron chi connectivity index (χ2n) is 6.08. The molecular weight excluding hydrogens is 336 g/mol. The Morgan fingerprint density at radius 3 is 2.76 bits per heavy atom. The monoisotopic (exact) mass is 358 g/mol. The van der Waals surface area contributed by atoms with Gasteiger partial charge in [0, 0.05) is 23.5 Å². The van der Waals surface area contributed by atoms with Gasteiger partial charge in [0.1, 0.15) is 5.75 Å². The molecule has 5 nitrogen and oxygen atoms in total. The number of amides is 2. The molecule has 2 atom stereocenters. The van der Waals surface area contributed by atoms with Gasteiger partial charge in [-0.25, -0.2) is 0 Å². The van der Waals surface area contributed by atoms with Crippen molar-refractivity contribution in [2.45, 2.75) is 26.3 Å². The fourth-order valence-electron chi connectivity index (χ4n) is 2.96. The molecule has 0 spiro atoms. The van der Waals surface area contributed by atoms with Gasteiger partial charge in [-0.1, -0.05) is 6.07 Å².